The van der Waals surface area contributed by atoms with Gasteiger partial charge in [0, 0.05) is 19.1 Å². The lowest BCUT2D eigenvalue weighted by molar-refractivity contribution is 0.308. The fourth-order valence-corrected chi connectivity index (χ4v) is 1.69. The van der Waals surface area contributed by atoms with Crippen molar-refractivity contribution in [3.05, 3.63) is 23.8 Å². The maximum Gasteiger partial charge on any atom is 0.160 e. The molecule has 0 heterocycles. The van der Waals surface area contributed by atoms with Crippen molar-refractivity contribution in [3.8, 4) is 11.5 Å². The quantitative estimate of drug-likeness (QED) is 0.788. The van der Waals surface area contributed by atoms with Gasteiger partial charge >= 0.3 is 0 Å². The van der Waals surface area contributed by atoms with Crippen LogP contribution in [0.1, 0.15) is 12.5 Å². The number of nitrogens with two attached hydrogens (primary N) is 1. The zero-order chi connectivity index (χ0) is 12.1. The molecule has 1 unspecified atom stereocenters. The number of benzene rings is 1. The highest BCUT2D eigenvalue weighted by molar-refractivity contribution is 5.41. The smallest absolute Gasteiger partial charge is 0.160 e. The molecule has 0 aliphatic heterocycles. The number of methoxy groups -OCH3 is 1. The Morgan fingerprint density at radius 1 is 1.50 bits per heavy atom. The fourth-order valence-electron chi connectivity index (χ4n) is 1.69. The highest BCUT2D eigenvalue weighted by atomic mass is 16.5. The second-order valence-corrected chi connectivity index (χ2v) is 4.18. The summed E-state index contributed by atoms with van der Waals surface area (Å²) in [4.78, 5) is 2.14. The number of rotatable bonds is 5. The van der Waals surface area contributed by atoms with Crippen LogP contribution >= 0.6 is 0 Å². The summed E-state index contributed by atoms with van der Waals surface area (Å²) in [7, 11) is 3.56. The van der Waals surface area contributed by atoms with Gasteiger partial charge in [0.15, 0.2) is 11.5 Å². The monoisotopic (exact) mass is 224 g/mol. The molecule has 0 bridgehead atoms. The van der Waals surface area contributed by atoms with Crippen molar-refractivity contribution in [2.75, 3.05) is 20.7 Å². The molecule has 4 heteroatoms. The molecule has 0 aromatic heterocycles. The molecular weight excluding hydrogens is 204 g/mol. The topological polar surface area (TPSA) is 58.7 Å². The molecule has 1 atom stereocenters. The average molecular weight is 224 g/mol. The Balaban J connectivity index is 2.67. The van der Waals surface area contributed by atoms with Crippen LogP contribution in [0.3, 0.4) is 0 Å². The van der Waals surface area contributed by atoms with E-state index in [9.17, 15) is 5.11 Å². The van der Waals surface area contributed by atoms with Crippen LogP contribution in [0, 0.1) is 0 Å². The summed E-state index contributed by atoms with van der Waals surface area (Å²) in [6.07, 6.45) is 0. The molecule has 16 heavy (non-hydrogen) atoms. The Kier molecular flexibility index (Phi) is 4.58. The average Bonchev–Trinajstić information content (AvgIpc) is 2.19. The number of phenols is 1. The summed E-state index contributed by atoms with van der Waals surface area (Å²) in [5.41, 5.74) is 6.82. The van der Waals surface area contributed by atoms with Crippen LogP contribution in [0.2, 0.25) is 0 Å². The minimum absolute atomic E-state index is 0.156. The molecule has 4 nitrogen and oxygen atoms in total. The Hall–Kier alpha value is -1.26. The van der Waals surface area contributed by atoms with Crippen molar-refractivity contribution in [2.24, 2.45) is 5.73 Å². The van der Waals surface area contributed by atoms with Crippen molar-refractivity contribution in [1.82, 2.24) is 4.90 Å². The third-order valence-electron chi connectivity index (χ3n) is 2.30. The lowest BCUT2D eigenvalue weighted by atomic mass is 10.2. The van der Waals surface area contributed by atoms with Crippen molar-refractivity contribution < 1.29 is 9.84 Å². The largest absolute Gasteiger partial charge is 0.504 e. The number of aromatic hydroxyl groups is 1. The first kappa shape index (κ1) is 12.8. The van der Waals surface area contributed by atoms with Gasteiger partial charge in [-0.1, -0.05) is 6.07 Å². The summed E-state index contributed by atoms with van der Waals surface area (Å²) in [6, 6.07) is 5.53. The predicted molar refractivity (Wildman–Crippen MR) is 64.6 cm³/mol. The molecule has 0 amide bonds. The molecule has 90 valence electrons. The Morgan fingerprint density at radius 2 is 2.19 bits per heavy atom. The van der Waals surface area contributed by atoms with Crippen molar-refractivity contribution in [3.63, 3.8) is 0 Å². The molecule has 1 aromatic rings. The first-order chi connectivity index (χ1) is 7.52. The Bertz CT molecular complexity index is 340. The molecule has 1 rings (SSSR count). The van der Waals surface area contributed by atoms with Gasteiger partial charge in [-0.05, 0) is 31.7 Å². The van der Waals surface area contributed by atoms with Crippen LogP contribution in [0.25, 0.3) is 0 Å². The van der Waals surface area contributed by atoms with Crippen LogP contribution in [0.4, 0.5) is 0 Å². The number of likely N-dealkylation sites (N-methyl/N-ethyl adjacent to an activating group) is 1. The molecule has 3 N–H and O–H groups in total. The normalized spacial score (nSPS) is 12.8. The van der Waals surface area contributed by atoms with Gasteiger partial charge < -0.3 is 20.5 Å². The van der Waals surface area contributed by atoms with E-state index in [-0.39, 0.29) is 11.8 Å². The second kappa shape index (κ2) is 5.72. The standard InChI is InChI=1S/C12H20N2O2/c1-9(13)7-14(2)8-10-4-5-11(15)12(6-10)16-3/h4-6,9,15H,7-8,13H2,1-3H3. The Morgan fingerprint density at radius 3 is 2.75 bits per heavy atom. The van der Waals surface area contributed by atoms with E-state index in [2.05, 4.69) is 4.90 Å². The van der Waals surface area contributed by atoms with Gasteiger partial charge in [0.2, 0.25) is 0 Å². The first-order valence-electron chi connectivity index (χ1n) is 5.33. The van der Waals surface area contributed by atoms with E-state index in [1.807, 2.05) is 26.1 Å². The summed E-state index contributed by atoms with van der Waals surface area (Å²) in [6.45, 7) is 3.61. The predicted octanol–water partition coefficient (Wildman–Crippen LogP) is 1.18. The third kappa shape index (κ3) is 3.72. The van der Waals surface area contributed by atoms with Crippen molar-refractivity contribution in [1.29, 1.82) is 0 Å². The van der Waals surface area contributed by atoms with E-state index >= 15 is 0 Å². The first-order valence-corrected chi connectivity index (χ1v) is 5.33. The summed E-state index contributed by atoms with van der Waals surface area (Å²) in [5.74, 6) is 0.674. The maximum absolute atomic E-state index is 9.46. The molecule has 0 spiro atoms. The minimum atomic E-state index is 0.156. The van der Waals surface area contributed by atoms with E-state index in [0.717, 1.165) is 18.7 Å². The van der Waals surface area contributed by atoms with Crippen LogP contribution < -0.4 is 10.5 Å². The molecule has 0 aliphatic carbocycles. The van der Waals surface area contributed by atoms with E-state index in [1.54, 1.807) is 13.2 Å². The van der Waals surface area contributed by atoms with E-state index in [1.165, 1.54) is 0 Å². The number of ether oxygens (including phenoxy) is 1. The third-order valence-corrected chi connectivity index (χ3v) is 2.30. The number of phenolic OH excluding ortho intramolecular Hbond substituents is 1. The highest BCUT2D eigenvalue weighted by Gasteiger charge is 2.06. The van der Waals surface area contributed by atoms with Gasteiger partial charge in [0.05, 0.1) is 7.11 Å². The SMILES string of the molecule is COc1cc(CN(C)CC(C)N)ccc1O. The molecule has 0 aliphatic rings. The van der Waals surface area contributed by atoms with Crippen molar-refractivity contribution >= 4 is 0 Å². The number of hydrogen-bond acceptors (Lipinski definition) is 4. The Labute approximate surface area is 96.6 Å². The highest BCUT2D eigenvalue weighted by Crippen LogP contribution is 2.26. The van der Waals surface area contributed by atoms with Crippen LogP contribution in [0.5, 0.6) is 11.5 Å². The summed E-state index contributed by atoms with van der Waals surface area (Å²) in [5, 5.41) is 9.46. The van der Waals surface area contributed by atoms with Gasteiger partial charge in [0.25, 0.3) is 0 Å². The lowest BCUT2D eigenvalue weighted by Crippen LogP contribution is -2.32. The summed E-state index contributed by atoms with van der Waals surface area (Å²) < 4.78 is 5.06. The van der Waals surface area contributed by atoms with Gasteiger partial charge in [0.1, 0.15) is 0 Å². The molecule has 1 aromatic carbocycles. The zero-order valence-electron chi connectivity index (χ0n) is 10.1. The lowest BCUT2D eigenvalue weighted by Gasteiger charge is -2.19. The van der Waals surface area contributed by atoms with Crippen molar-refractivity contribution in [2.45, 2.75) is 19.5 Å². The zero-order valence-corrected chi connectivity index (χ0v) is 10.1. The van der Waals surface area contributed by atoms with Crippen LogP contribution in [0.15, 0.2) is 18.2 Å². The molecule has 0 radical (unpaired) electrons. The molecule has 0 fully saturated rings. The molecule has 0 saturated carbocycles. The molecule has 0 saturated heterocycles. The fraction of sp³-hybridized carbons (Fsp3) is 0.500. The number of hydrogen-bond donors (Lipinski definition) is 2. The van der Waals surface area contributed by atoms with Gasteiger partial charge in [-0.2, -0.15) is 0 Å². The molecular formula is C12H20N2O2. The number of nitrogens with zero attached hydrogens (tertiary/aromatic N) is 1. The van der Waals surface area contributed by atoms with E-state index in [0.29, 0.717) is 5.75 Å². The van der Waals surface area contributed by atoms with Crippen LogP contribution in [-0.2, 0) is 6.54 Å². The van der Waals surface area contributed by atoms with Gasteiger partial charge in [-0.25, -0.2) is 0 Å². The minimum Gasteiger partial charge on any atom is -0.504 e. The van der Waals surface area contributed by atoms with Gasteiger partial charge in [-0.3, -0.25) is 0 Å². The van der Waals surface area contributed by atoms with E-state index < -0.39 is 0 Å². The van der Waals surface area contributed by atoms with Crippen LogP contribution in [-0.4, -0.2) is 36.8 Å². The maximum atomic E-state index is 9.46. The van der Waals surface area contributed by atoms with Gasteiger partial charge in [-0.15, -0.1) is 0 Å². The van der Waals surface area contributed by atoms with E-state index in [4.69, 9.17) is 10.5 Å². The summed E-state index contributed by atoms with van der Waals surface area (Å²) >= 11 is 0. The second-order valence-electron chi connectivity index (χ2n) is 4.18.